The molecule has 0 aromatic carbocycles. The van der Waals surface area contributed by atoms with E-state index in [1.807, 2.05) is 18.3 Å². The Balaban J connectivity index is 1.34. The molecule has 0 atom stereocenters. The number of nitrogens with zero attached hydrogens (tertiary/aromatic N) is 5. The molecule has 8 heteroatoms. The number of ether oxygens (including phenoxy) is 1. The SMILES string of the molecule is COc1ccnc(N2CCN(c3ccc(NC(=O)C4CC4)nc3)CC2)n1. The van der Waals surface area contributed by atoms with Crippen LogP contribution in [0.25, 0.3) is 0 Å². The molecular weight excluding hydrogens is 332 g/mol. The highest BCUT2D eigenvalue weighted by atomic mass is 16.5. The fourth-order valence-electron chi connectivity index (χ4n) is 2.98. The third-order valence-electron chi connectivity index (χ3n) is 4.70. The average Bonchev–Trinajstić information content (AvgIpc) is 3.54. The van der Waals surface area contributed by atoms with Crippen molar-refractivity contribution in [2.24, 2.45) is 5.92 Å². The van der Waals surface area contributed by atoms with Crippen molar-refractivity contribution in [3.8, 4) is 5.88 Å². The van der Waals surface area contributed by atoms with Gasteiger partial charge in [0.25, 0.3) is 0 Å². The topological polar surface area (TPSA) is 83.5 Å². The maximum absolute atomic E-state index is 11.8. The van der Waals surface area contributed by atoms with Gasteiger partial charge in [-0.2, -0.15) is 4.98 Å². The molecule has 1 saturated heterocycles. The Bertz CT molecular complexity index is 770. The van der Waals surface area contributed by atoms with E-state index < -0.39 is 0 Å². The van der Waals surface area contributed by atoms with E-state index >= 15 is 0 Å². The minimum Gasteiger partial charge on any atom is -0.481 e. The summed E-state index contributed by atoms with van der Waals surface area (Å²) < 4.78 is 5.17. The van der Waals surface area contributed by atoms with Gasteiger partial charge in [0, 0.05) is 44.4 Å². The molecule has 1 aliphatic heterocycles. The van der Waals surface area contributed by atoms with E-state index in [4.69, 9.17) is 4.74 Å². The van der Waals surface area contributed by atoms with Crippen LogP contribution in [0.5, 0.6) is 5.88 Å². The van der Waals surface area contributed by atoms with Gasteiger partial charge in [0.1, 0.15) is 5.82 Å². The number of carbonyl (C=O) groups is 1. The van der Waals surface area contributed by atoms with E-state index in [1.165, 1.54) is 0 Å². The summed E-state index contributed by atoms with van der Waals surface area (Å²) in [6, 6.07) is 5.62. The Hall–Kier alpha value is -2.90. The third kappa shape index (κ3) is 3.68. The van der Waals surface area contributed by atoms with Crippen molar-refractivity contribution in [1.29, 1.82) is 0 Å². The first kappa shape index (κ1) is 16.6. The summed E-state index contributed by atoms with van der Waals surface area (Å²) in [4.78, 5) is 29.3. The molecule has 2 aromatic heterocycles. The van der Waals surface area contributed by atoms with E-state index in [-0.39, 0.29) is 11.8 Å². The van der Waals surface area contributed by atoms with Crippen LogP contribution >= 0.6 is 0 Å². The normalized spacial score (nSPS) is 17.1. The molecular formula is C18H22N6O2. The van der Waals surface area contributed by atoms with E-state index in [1.54, 1.807) is 19.4 Å². The number of carbonyl (C=O) groups excluding carboxylic acids is 1. The summed E-state index contributed by atoms with van der Waals surface area (Å²) in [7, 11) is 1.60. The Morgan fingerprint density at radius 2 is 1.88 bits per heavy atom. The van der Waals surface area contributed by atoms with Crippen LogP contribution in [-0.2, 0) is 4.79 Å². The third-order valence-corrected chi connectivity index (χ3v) is 4.70. The van der Waals surface area contributed by atoms with Gasteiger partial charge >= 0.3 is 0 Å². The highest BCUT2D eigenvalue weighted by Crippen LogP contribution is 2.30. The minimum absolute atomic E-state index is 0.0807. The number of amides is 1. The van der Waals surface area contributed by atoms with Gasteiger partial charge in [0.05, 0.1) is 19.0 Å². The quantitative estimate of drug-likeness (QED) is 0.872. The number of aromatic nitrogens is 3. The number of nitrogens with one attached hydrogen (secondary N) is 1. The molecule has 2 aliphatic rings. The fraction of sp³-hybridized carbons (Fsp3) is 0.444. The Morgan fingerprint density at radius 3 is 2.54 bits per heavy atom. The number of rotatable bonds is 5. The Kier molecular flexibility index (Phi) is 4.55. The molecule has 2 aromatic rings. The minimum atomic E-state index is 0.0807. The summed E-state index contributed by atoms with van der Waals surface area (Å²) in [6.45, 7) is 3.37. The largest absolute Gasteiger partial charge is 0.481 e. The average molecular weight is 354 g/mol. The van der Waals surface area contributed by atoms with Gasteiger partial charge < -0.3 is 19.9 Å². The number of anilines is 3. The standard InChI is InChI=1S/C18H22N6O2/c1-26-16-6-7-19-18(22-16)24-10-8-23(9-11-24)14-4-5-15(20-12-14)21-17(25)13-2-3-13/h4-7,12-13H,2-3,8-11H2,1H3,(H,20,21,25). The van der Waals surface area contributed by atoms with Gasteiger partial charge in [0.15, 0.2) is 0 Å². The van der Waals surface area contributed by atoms with E-state index in [0.29, 0.717) is 17.6 Å². The smallest absolute Gasteiger partial charge is 0.228 e. The van der Waals surface area contributed by atoms with Gasteiger partial charge in [0.2, 0.25) is 17.7 Å². The summed E-state index contributed by atoms with van der Waals surface area (Å²) in [5.74, 6) is 2.15. The van der Waals surface area contributed by atoms with E-state index in [0.717, 1.165) is 44.7 Å². The van der Waals surface area contributed by atoms with Crippen LogP contribution in [0.3, 0.4) is 0 Å². The molecule has 3 heterocycles. The molecule has 1 aliphatic carbocycles. The van der Waals surface area contributed by atoms with Crippen LogP contribution in [0.2, 0.25) is 0 Å². The lowest BCUT2D eigenvalue weighted by molar-refractivity contribution is -0.117. The second kappa shape index (κ2) is 7.15. The number of pyridine rings is 1. The van der Waals surface area contributed by atoms with Crippen molar-refractivity contribution in [1.82, 2.24) is 15.0 Å². The monoisotopic (exact) mass is 354 g/mol. The predicted molar refractivity (Wildman–Crippen MR) is 98.6 cm³/mol. The van der Waals surface area contributed by atoms with Crippen molar-refractivity contribution in [3.05, 3.63) is 30.6 Å². The first-order chi connectivity index (χ1) is 12.7. The zero-order valence-corrected chi connectivity index (χ0v) is 14.8. The Labute approximate surface area is 152 Å². The molecule has 136 valence electrons. The number of methoxy groups -OCH3 is 1. The molecule has 8 nitrogen and oxygen atoms in total. The summed E-state index contributed by atoms with van der Waals surface area (Å²) in [5, 5.41) is 2.87. The number of piperazine rings is 1. The first-order valence-corrected chi connectivity index (χ1v) is 8.87. The highest BCUT2D eigenvalue weighted by Gasteiger charge is 2.29. The second-order valence-corrected chi connectivity index (χ2v) is 6.54. The zero-order valence-electron chi connectivity index (χ0n) is 14.8. The van der Waals surface area contributed by atoms with Crippen molar-refractivity contribution in [2.75, 3.05) is 48.4 Å². The van der Waals surface area contributed by atoms with E-state index in [9.17, 15) is 4.79 Å². The van der Waals surface area contributed by atoms with Gasteiger partial charge in [-0.15, -0.1) is 0 Å². The van der Waals surface area contributed by atoms with Gasteiger partial charge in [-0.25, -0.2) is 9.97 Å². The lowest BCUT2D eigenvalue weighted by Crippen LogP contribution is -2.47. The second-order valence-electron chi connectivity index (χ2n) is 6.54. The van der Waals surface area contributed by atoms with Crippen LogP contribution in [0, 0.1) is 5.92 Å². The molecule has 26 heavy (non-hydrogen) atoms. The highest BCUT2D eigenvalue weighted by molar-refractivity contribution is 5.93. The van der Waals surface area contributed by atoms with E-state index in [2.05, 4.69) is 30.1 Å². The van der Waals surface area contributed by atoms with Crippen molar-refractivity contribution in [3.63, 3.8) is 0 Å². The molecule has 4 rings (SSSR count). The summed E-state index contributed by atoms with van der Waals surface area (Å²) >= 11 is 0. The number of hydrogen-bond acceptors (Lipinski definition) is 7. The maximum Gasteiger partial charge on any atom is 0.228 e. The molecule has 1 saturated carbocycles. The van der Waals surface area contributed by atoms with Gasteiger partial charge in [-0.3, -0.25) is 4.79 Å². The summed E-state index contributed by atoms with van der Waals surface area (Å²) in [5.41, 5.74) is 1.06. The first-order valence-electron chi connectivity index (χ1n) is 8.87. The van der Waals surface area contributed by atoms with Crippen LogP contribution < -0.4 is 19.9 Å². The van der Waals surface area contributed by atoms with Crippen molar-refractivity contribution in [2.45, 2.75) is 12.8 Å². The molecule has 2 fully saturated rings. The Morgan fingerprint density at radius 1 is 1.12 bits per heavy atom. The van der Waals surface area contributed by atoms with Crippen LogP contribution in [0.1, 0.15) is 12.8 Å². The van der Waals surface area contributed by atoms with Crippen molar-refractivity contribution >= 4 is 23.4 Å². The van der Waals surface area contributed by atoms with Crippen LogP contribution in [0.15, 0.2) is 30.6 Å². The predicted octanol–water partition coefficient (Wildman–Crippen LogP) is 1.56. The molecule has 0 unspecified atom stereocenters. The number of hydrogen-bond donors (Lipinski definition) is 1. The summed E-state index contributed by atoms with van der Waals surface area (Å²) in [6.07, 6.45) is 5.52. The molecule has 1 amide bonds. The maximum atomic E-state index is 11.8. The molecule has 0 bridgehead atoms. The zero-order chi connectivity index (χ0) is 17.9. The van der Waals surface area contributed by atoms with Crippen LogP contribution in [0.4, 0.5) is 17.5 Å². The molecule has 0 radical (unpaired) electrons. The fourth-order valence-corrected chi connectivity index (χ4v) is 2.98. The van der Waals surface area contributed by atoms with Crippen LogP contribution in [-0.4, -0.2) is 54.1 Å². The van der Waals surface area contributed by atoms with Crippen molar-refractivity contribution < 1.29 is 9.53 Å². The van der Waals surface area contributed by atoms with Gasteiger partial charge in [-0.05, 0) is 25.0 Å². The molecule has 1 N–H and O–H groups in total. The van der Waals surface area contributed by atoms with Gasteiger partial charge in [-0.1, -0.05) is 0 Å². The lowest BCUT2D eigenvalue weighted by atomic mass is 10.2. The lowest BCUT2D eigenvalue weighted by Gasteiger charge is -2.35. The molecule has 0 spiro atoms.